The van der Waals surface area contributed by atoms with Gasteiger partial charge in [0.25, 0.3) is 0 Å². The fraction of sp³-hybridized carbons (Fsp3) is 0.500. The Morgan fingerprint density at radius 2 is 1.59 bits per heavy atom. The van der Waals surface area contributed by atoms with Crippen LogP contribution in [-0.2, 0) is 30.3 Å². The number of carbonyl (C=O) groups excluding carboxylic acids is 3. The number of nitrogens with zero attached hydrogens (tertiary/aromatic N) is 1. The molecule has 1 atom stereocenters. The summed E-state index contributed by atoms with van der Waals surface area (Å²) in [4.78, 5) is 35.8. The number of ketones is 1. The summed E-state index contributed by atoms with van der Waals surface area (Å²) in [5.74, 6) is -2.10. The lowest BCUT2D eigenvalue weighted by Gasteiger charge is -2.23. The van der Waals surface area contributed by atoms with Crippen LogP contribution in [0, 0.1) is 13.8 Å². The van der Waals surface area contributed by atoms with Crippen molar-refractivity contribution in [2.75, 3.05) is 14.2 Å². The summed E-state index contributed by atoms with van der Waals surface area (Å²) in [6.45, 7) is 4.14. The second kappa shape index (κ2) is 12.7. The molecule has 34 heavy (non-hydrogen) atoms. The molecule has 0 aliphatic rings. The summed E-state index contributed by atoms with van der Waals surface area (Å²) in [5, 5.41) is 11.2. The molecule has 1 heterocycles. The van der Waals surface area contributed by atoms with Crippen molar-refractivity contribution in [3.05, 3.63) is 52.3 Å². The second-order valence-electron chi connectivity index (χ2n) is 8.63. The Hall–Kier alpha value is -2.64. The van der Waals surface area contributed by atoms with E-state index in [2.05, 4.69) is 46.1 Å². The second-order valence-corrected chi connectivity index (χ2v) is 9.07. The highest BCUT2D eigenvalue weighted by molar-refractivity contribution is 6.30. The molecule has 0 aliphatic heterocycles. The smallest absolute Gasteiger partial charge is 0.338 e. The summed E-state index contributed by atoms with van der Waals surface area (Å²) in [5.41, 5.74) is 2.42. The number of aryl methyl sites for hydroxylation is 3. The number of esters is 2. The summed E-state index contributed by atoms with van der Waals surface area (Å²) in [6, 6.07) is 10.1. The van der Waals surface area contributed by atoms with Crippen LogP contribution in [0.15, 0.2) is 30.3 Å². The molecule has 0 saturated heterocycles. The van der Waals surface area contributed by atoms with Crippen LogP contribution in [0.1, 0.15) is 61.9 Å². The van der Waals surface area contributed by atoms with E-state index in [0.29, 0.717) is 11.4 Å². The molecule has 1 aromatic carbocycles. The Morgan fingerprint density at radius 3 is 2.21 bits per heavy atom. The van der Waals surface area contributed by atoms with Crippen LogP contribution >= 0.6 is 11.6 Å². The summed E-state index contributed by atoms with van der Waals surface area (Å²) in [7, 11) is 2.25. The first-order valence-corrected chi connectivity index (χ1v) is 11.8. The number of benzene rings is 1. The first kappa shape index (κ1) is 27.6. The molecule has 1 unspecified atom stereocenters. The number of aliphatic hydroxyl groups is 1. The molecule has 0 saturated carbocycles. The predicted octanol–water partition coefficient (Wildman–Crippen LogP) is 4.67. The van der Waals surface area contributed by atoms with E-state index >= 15 is 0 Å². The molecule has 2 rings (SSSR count). The van der Waals surface area contributed by atoms with Gasteiger partial charge in [-0.3, -0.25) is 9.59 Å². The molecule has 186 valence electrons. The van der Waals surface area contributed by atoms with Crippen molar-refractivity contribution in [2.24, 2.45) is 0 Å². The molecule has 1 N–H and O–H groups in total. The Bertz CT molecular complexity index is 995. The van der Waals surface area contributed by atoms with Crippen molar-refractivity contribution < 1.29 is 29.0 Å². The highest BCUT2D eigenvalue weighted by atomic mass is 35.5. The number of Topliss-reactive ketones (excluding diaryl/α,β-unsaturated/α-hetero) is 1. The fourth-order valence-corrected chi connectivity index (χ4v) is 4.28. The number of hydrogen-bond acceptors (Lipinski definition) is 6. The summed E-state index contributed by atoms with van der Waals surface area (Å²) < 4.78 is 11.3. The molecule has 0 radical (unpaired) electrons. The van der Waals surface area contributed by atoms with Gasteiger partial charge in [-0.1, -0.05) is 30.5 Å². The van der Waals surface area contributed by atoms with Gasteiger partial charge in [0.15, 0.2) is 5.60 Å². The van der Waals surface area contributed by atoms with Crippen molar-refractivity contribution >= 4 is 29.3 Å². The number of hydrogen-bond donors (Lipinski definition) is 1. The molecule has 2 aromatic rings. The summed E-state index contributed by atoms with van der Waals surface area (Å²) in [6.07, 6.45) is 3.37. The predicted molar refractivity (Wildman–Crippen MR) is 130 cm³/mol. The van der Waals surface area contributed by atoms with E-state index in [9.17, 15) is 19.5 Å². The maximum absolute atomic E-state index is 12.3. The van der Waals surface area contributed by atoms with Gasteiger partial charge >= 0.3 is 11.9 Å². The molecule has 0 bridgehead atoms. The highest BCUT2D eigenvalue weighted by Crippen LogP contribution is 2.26. The fourth-order valence-electron chi connectivity index (χ4n) is 4.12. The lowest BCUT2D eigenvalue weighted by molar-refractivity contribution is -0.171. The number of aromatic nitrogens is 1. The normalized spacial score (nSPS) is 12.8. The van der Waals surface area contributed by atoms with Gasteiger partial charge in [-0.25, -0.2) is 4.79 Å². The van der Waals surface area contributed by atoms with Gasteiger partial charge < -0.3 is 19.1 Å². The minimum absolute atomic E-state index is 0.217. The van der Waals surface area contributed by atoms with Crippen molar-refractivity contribution in [2.45, 2.75) is 70.8 Å². The molecule has 8 heteroatoms. The quantitative estimate of drug-likeness (QED) is 0.323. The zero-order valence-corrected chi connectivity index (χ0v) is 21.1. The molecule has 1 aromatic heterocycles. The van der Waals surface area contributed by atoms with Crippen LogP contribution in [-0.4, -0.2) is 47.2 Å². The van der Waals surface area contributed by atoms with Crippen LogP contribution in [0.2, 0.25) is 5.02 Å². The van der Waals surface area contributed by atoms with E-state index in [1.807, 2.05) is 12.1 Å². The van der Waals surface area contributed by atoms with E-state index < -0.39 is 30.4 Å². The first-order chi connectivity index (χ1) is 16.1. The standard InChI is InChI=1S/C26H34ClNO6/c1-18-11-12-19(2)28(18)23-15-21(27)14-13-20(23)9-7-5-6-8-10-22(29)16-26(32,25(31)34-4)17-24(30)33-3/h11-15,32H,5-10,16-17H2,1-4H3. The topological polar surface area (TPSA) is 94.8 Å². The van der Waals surface area contributed by atoms with Gasteiger partial charge in [-0.2, -0.15) is 0 Å². The third kappa shape index (κ3) is 7.43. The lowest BCUT2D eigenvalue weighted by atomic mass is 9.91. The van der Waals surface area contributed by atoms with E-state index in [4.69, 9.17) is 11.6 Å². The number of carbonyl (C=O) groups is 3. The van der Waals surface area contributed by atoms with Crippen LogP contribution in [0.25, 0.3) is 5.69 Å². The molecule has 0 amide bonds. The lowest BCUT2D eigenvalue weighted by Crippen LogP contribution is -2.43. The average molecular weight is 492 g/mol. The Kier molecular flexibility index (Phi) is 10.3. The summed E-state index contributed by atoms with van der Waals surface area (Å²) >= 11 is 6.26. The van der Waals surface area contributed by atoms with Gasteiger partial charge in [0, 0.05) is 29.3 Å². The van der Waals surface area contributed by atoms with Crippen LogP contribution in [0.3, 0.4) is 0 Å². The molecule has 7 nitrogen and oxygen atoms in total. The first-order valence-electron chi connectivity index (χ1n) is 11.4. The van der Waals surface area contributed by atoms with Gasteiger partial charge in [-0.15, -0.1) is 0 Å². The number of methoxy groups -OCH3 is 2. The maximum Gasteiger partial charge on any atom is 0.338 e. The Balaban J connectivity index is 1.84. The highest BCUT2D eigenvalue weighted by Gasteiger charge is 2.41. The van der Waals surface area contributed by atoms with E-state index in [0.717, 1.165) is 57.0 Å². The minimum Gasteiger partial charge on any atom is -0.469 e. The molecule has 0 aliphatic carbocycles. The number of halogens is 1. The van der Waals surface area contributed by atoms with Crippen molar-refractivity contribution in [1.82, 2.24) is 4.57 Å². The van der Waals surface area contributed by atoms with Gasteiger partial charge in [0.2, 0.25) is 0 Å². The Labute approximate surface area is 206 Å². The van der Waals surface area contributed by atoms with Gasteiger partial charge in [0.05, 0.1) is 26.3 Å². The van der Waals surface area contributed by atoms with Crippen LogP contribution in [0.5, 0.6) is 0 Å². The van der Waals surface area contributed by atoms with Gasteiger partial charge in [-0.05, 0) is 62.9 Å². The molecular weight excluding hydrogens is 458 g/mol. The zero-order chi connectivity index (χ0) is 25.3. The Morgan fingerprint density at radius 1 is 0.941 bits per heavy atom. The average Bonchev–Trinajstić information content (AvgIpc) is 3.13. The van der Waals surface area contributed by atoms with Crippen LogP contribution < -0.4 is 0 Å². The third-order valence-corrected chi connectivity index (χ3v) is 6.17. The van der Waals surface area contributed by atoms with E-state index in [1.165, 1.54) is 5.56 Å². The van der Waals surface area contributed by atoms with Gasteiger partial charge in [0.1, 0.15) is 5.78 Å². The number of rotatable bonds is 13. The maximum atomic E-state index is 12.3. The largest absolute Gasteiger partial charge is 0.469 e. The monoisotopic (exact) mass is 491 g/mol. The number of unbranched alkanes of at least 4 members (excludes halogenated alkanes) is 3. The molecular formula is C26H34ClNO6. The van der Waals surface area contributed by atoms with E-state index in [1.54, 1.807) is 0 Å². The molecule has 0 spiro atoms. The van der Waals surface area contributed by atoms with E-state index in [-0.39, 0.29) is 12.2 Å². The van der Waals surface area contributed by atoms with Crippen molar-refractivity contribution in [1.29, 1.82) is 0 Å². The third-order valence-electron chi connectivity index (χ3n) is 5.93. The minimum atomic E-state index is -2.20. The number of ether oxygens (including phenoxy) is 2. The molecule has 0 fully saturated rings. The van der Waals surface area contributed by atoms with Crippen molar-refractivity contribution in [3.8, 4) is 5.69 Å². The van der Waals surface area contributed by atoms with Crippen molar-refractivity contribution in [3.63, 3.8) is 0 Å². The zero-order valence-electron chi connectivity index (χ0n) is 20.4. The van der Waals surface area contributed by atoms with Crippen LogP contribution in [0.4, 0.5) is 0 Å². The SMILES string of the molecule is COC(=O)CC(O)(CC(=O)CCCCCCc1ccc(Cl)cc1-n1c(C)ccc1C)C(=O)OC.